The lowest BCUT2D eigenvalue weighted by molar-refractivity contribution is 0.826. The first-order valence-electron chi connectivity index (χ1n) is 5.06. The van der Waals surface area contributed by atoms with Crippen molar-refractivity contribution in [1.82, 2.24) is 0 Å². The number of aliphatic imine (C=N–C) groups is 1. The van der Waals surface area contributed by atoms with Crippen molar-refractivity contribution in [3.8, 4) is 0 Å². The molecule has 0 saturated heterocycles. The van der Waals surface area contributed by atoms with Crippen molar-refractivity contribution in [2.75, 3.05) is 11.9 Å². The van der Waals surface area contributed by atoms with E-state index in [-0.39, 0.29) is 0 Å². The number of rotatable bonds is 1. The molecule has 0 radical (unpaired) electrons. The number of hydrogen-bond donors (Lipinski definition) is 0. The summed E-state index contributed by atoms with van der Waals surface area (Å²) < 4.78 is 0. The first-order chi connectivity index (χ1) is 6.70. The first-order valence-corrected chi connectivity index (χ1v) is 5.06. The smallest absolute Gasteiger partial charge is 0.106 e. The highest BCUT2D eigenvalue weighted by Gasteiger charge is 2.18. The maximum atomic E-state index is 4.59. The average molecular weight is 188 g/mol. The molecule has 0 N–H and O–H groups in total. The van der Waals surface area contributed by atoms with E-state index in [1.165, 1.54) is 17.1 Å². The third-order valence-corrected chi connectivity index (χ3v) is 2.62. The quantitative estimate of drug-likeness (QED) is 0.661. The van der Waals surface area contributed by atoms with Crippen LogP contribution in [0.5, 0.6) is 0 Å². The second-order valence-electron chi connectivity index (χ2n) is 4.02. The second kappa shape index (κ2) is 3.45. The molecule has 0 fully saturated rings. The van der Waals surface area contributed by atoms with Crippen LogP contribution in [-0.4, -0.2) is 12.9 Å². The number of hydrogen-bond acceptors (Lipinski definition) is 2. The molecule has 74 valence electrons. The van der Waals surface area contributed by atoms with Gasteiger partial charge in [-0.15, -0.1) is 0 Å². The van der Waals surface area contributed by atoms with E-state index >= 15 is 0 Å². The van der Waals surface area contributed by atoms with Crippen molar-refractivity contribution >= 4 is 11.5 Å². The number of para-hydroxylation sites is 1. The van der Waals surface area contributed by atoms with E-state index in [0.29, 0.717) is 5.92 Å². The molecule has 1 aromatic rings. The number of amidine groups is 1. The number of fused-ring (bicyclic) bond motifs is 1. The van der Waals surface area contributed by atoms with E-state index in [1.54, 1.807) is 0 Å². The van der Waals surface area contributed by atoms with Gasteiger partial charge in [0, 0.05) is 18.7 Å². The van der Waals surface area contributed by atoms with Crippen LogP contribution in [0.2, 0.25) is 0 Å². The fourth-order valence-corrected chi connectivity index (χ4v) is 1.94. The van der Waals surface area contributed by atoms with Gasteiger partial charge in [0.1, 0.15) is 5.84 Å². The van der Waals surface area contributed by atoms with Gasteiger partial charge in [-0.3, -0.25) is 4.99 Å². The highest BCUT2D eigenvalue weighted by atomic mass is 15.2. The van der Waals surface area contributed by atoms with Gasteiger partial charge in [0.15, 0.2) is 0 Å². The van der Waals surface area contributed by atoms with E-state index in [2.05, 4.69) is 55.1 Å². The largest absolute Gasteiger partial charge is 0.333 e. The van der Waals surface area contributed by atoms with Gasteiger partial charge in [-0.25, -0.2) is 0 Å². The molecule has 0 spiro atoms. The van der Waals surface area contributed by atoms with Crippen molar-refractivity contribution in [1.29, 1.82) is 0 Å². The summed E-state index contributed by atoms with van der Waals surface area (Å²) in [5, 5.41) is 0. The summed E-state index contributed by atoms with van der Waals surface area (Å²) in [5.41, 5.74) is 2.62. The molecular formula is C12H16N2. The van der Waals surface area contributed by atoms with Crippen molar-refractivity contribution in [2.45, 2.75) is 20.4 Å². The van der Waals surface area contributed by atoms with E-state index < -0.39 is 0 Å². The van der Waals surface area contributed by atoms with Crippen molar-refractivity contribution in [2.24, 2.45) is 10.9 Å². The predicted molar refractivity (Wildman–Crippen MR) is 60.8 cm³/mol. The van der Waals surface area contributed by atoms with Crippen LogP contribution in [0.1, 0.15) is 19.4 Å². The van der Waals surface area contributed by atoms with E-state index in [4.69, 9.17) is 0 Å². The second-order valence-corrected chi connectivity index (χ2v) is 4.02. The van der Waals surface area contributed by atoms with Gasteiger partial charge in [-0.2, -0.15) is 0 Å². The topological polar surface area (TPSA) is 15.6 Å². The summed E-state index contributed by atoms with van der Waals surface area (Å²) in [4.78, 5) is 6.79. The minimum absolute atomic E-state index is 0.494. The Morgan fingerprint density at radius 2 is 2.00 bits per heavy atom. The summed E-state index contributed by atoms with van der Waals surface area (Å²) >= 11 is 0. The molecule has 1 aliphatic heterocycles. The normalized spacial score (nSPS) is 15.4. The summed E-state index contributed by atoms with van der Waals surface area (Å²) in [6, 6.07) is 8.46. The van der Waals surface area contributed by atoms with Crippen molar-refractivity contribution in [3.63, 3.8) is 0 Å². The van der Waals surface area contributed by atoms with Crippen molar-refractivity contribution < 1.29 is 0 Å². The molecule has 1 aliphatic rings. The standard InChI is InChI=1S/C12H16N2/c1-9(2)12-13-8-10-6-4-5-7-11(10)14(12)3/h4-7,9H,8H2,1-3H3. The van der Waals surface area contributed by atoms with Crippen molar-refractivity contribution in [3.05, 3.63) is 29.8 Å². The average Bonchev–Trinajstić information content (AvgIpc) is 2.18. The molecule has 2 heteroatoms. The molecule has 1 heterocycles. The van der Waals surface area contributed by atoms with Crippen LogP contribution >= 0.6 is 0 Å². The molecule has 2 rings (SSSR count). The monoisotopic (exact) mass is 188 g/mol. The summed E-state index contributed by atoms with van der Waals surface area (Å²) in [6.07, 6.45) is 0. The zero-order valence-corrected chi connectivity index (χ0v) is 8.99. The lowest BCUT2D eigenvalue weighted by Crippen LogP contribution is -2.33. The molecule has 14 heavy (non-hydrogen) atoms. The van der Waals surface area contributed by atoms with Crippen LogP contribution in [0.4, 0.5) is 5.69 Å². The molecule has 0 amide bonds. The minimum Gasteiger partial charge on any atom is -0.333 e. The van der Waals surface area contributed by atoms with E-state index in [0.717, 1.165) is 6.54 Å². The zero-order chi connectivity index (χ0) is 10.1. The van der Waals surface area contributed by atoms with Gasteiger partial charge in [0.05, 0.1) is 6.54 Å². The molecule has 0 aromatic heterocycles. The number of benzene rings is 1. The Labute approximate surface area is 85.3 Å². The van der Waals surface area contributed by atoms with Gasteiger partial charge in [-0.05, 0) is 11.6 Å². The van der Waals surface area contributed by atoms with Crippen LogP contribution in [0, 0.1) is 5.92 Å². The van der Waals surface area contributed by atoms with Gasteiger partial charge in [0.25, 0.3) is 0 Å². The molecule has 0 aliphatic carbocycles. The van der Waals surface area contributed by atoms with Gasteiger partial charge >= 0.3 is 0 Å². The maximum Gasteiger partial charge on any atom is 0.106 e. The Bertz CT molecular complexity index is 366. The third kappa shape index (κ3) is 1.41. The molecule has 1 aromatic carbocycles. The maximum absolute atomic E-state index is 4.59. The highest BCUT2D eigenvalue weighted by molar-refractivity contribution is 6.00. The predicted octanol–water partition coefficient (Wildman–Crippen LogP) is 2.69. The lowest BCUT2D eigenvalue weighted by atomic mass is 10.1. The van der Waals surface area contributed by atoms with Crippen LogP contribution in [-0.2, 0) is 6.54 Å². The number of nitrogens with zero attached hydrogens (tertiary/aromatic N) is 2. The summed E-state index contributed by atoms with van der Waals surface area (Å²) in [7, 11) is 2.09. The van der Waals surface area contributed by atoms with E-state index in [1.807, 2.05) is 0 Å². The Balaban J connectivity index is 2.39. The van der Waals surface area contributed by atoms with Crippen LogP contribution in [0.25, 0.3) is 0 Å². The highest BCUT2D eigenvalue weighted by Crippen LogP contribution is 2.26. The third-order valence-electron chi connectivity index (χ3n) is 2.62. The fourth-order valence-electron chi connectivity index (χ4n) is 1.94. The molecular weight excluding hydrogens is 172 g/mol. The van der Waals surface area contributed by atoms with Gasteiger partial charge < -0.3 is 4.90 Å². The van der Waals surface area contributed by atoms with Gasteiger partial charge in [0.2, 0.25) is 0 Å². The zero-order valence-electron chi connectivity index (χ0n) is 8.99. The van der Waals surface area contributed by atoms with Crippen LogP contribution < -0.4 is 4.90 Å². The Hall–Kier alpha value is -1.31. The minimum atomic E-state index is 0.494. The molecule has 2 nitrogen and oxygen atoms in total. The van der Waals surface area contributed by atoms with Gasteiger partial charge in [-0.1, -0.05) is 32.0 Å². The van der Waals surface area contributed by atoms with Crippen LogP contribution in [0.3, 0.4) is 0 Å². The lowest BCUT2D eigenvalue weighted by Gasteiger charge is -2.29. The van der Waals surface area contributed by atoms with E-state index in [9.17, 15) is 0 Å². The molecule has 0 bridgehead atoms. The number of anilines is 1. The molecule has 0 saturated carbocycles. The van der Waals surface area contributed by atoms with Crippen LogP contribution in [0.15, 0.2) is 29.3 Å². The molecule has 0 unspecified atom stereocenters. The first kappa shape index (κ1) is 9.25. The molecule has 0 atom stereocenters. The SMILES string of the molecule is CC(C)C1=NCc2ccccc2N1C. The Morgan fingerprint density at radius 1 is 1.29 bits per heavy atom. The summed E-state index contributed by atoms with van der Waals surface area (Å²) in [5.74, 6) is 1.68. The Kier molecular flexibility index (Phi) is 2.28. The fraction of sp³-hybridized carbons (Fsp3) is 0.417. The Morgan fingerprint density at radius 3 is 2.71 bits per heavy atom. The summed E-state index contributed by atoms with van der Waals surface area (Å²) in [6.45, 7) is 5.20.